The number of aryl methyl sites for hydroxylation is 1. The monoisotopic (exact) mass is 544 g/mol. The minimum Gasteiger partial charge on any atom is -0.478 e. The van der Waals surface area contributed by atoms with E-state index in [1.807, 2.05) is 4.90 Å². The predicted octanol–water partition coefficient (Wildman–Crippen LogP) is 2.14. The fourth-order valence-electron chi connectivity index (χ4n) is 4.50. The van der Waals surface area contributed by atoms with Gasteiger partial charge in [0.2, 0.25) is 11.9 Å². The summed E-state index contributed by atoms with van der Waals surface area (Å²) in [6, 6.07) is 4.40. The Hall–Kier alpha value is -3.73. The van der Waals surface area contributed by atoms with Crippen LogP contribution in [0.15, 0.2) is 29.2 Å². The lowest BCUT2D eigenvalue weighted by atomic mass is 9.96. The second kappa shape index (κ2) is 11.3. The van der Waals surface area contributed by atoms with Gasteiger partial charge in [-0.15, -0.1) is 0 Å². The van der Waals surface area contributed by atoms with Crippen molar-refractivity contribution < 1.29 is 18.7 Å². The number of rotatable bonds is 7. The highest BCUT2D eigenvalue weighted by Crippen LogP contribution is 2.27. The summed E-state index contributed by atoms with van der Waals surface area (Å²) in [7, 11) is 6.50. The van der Waals surface area contributed by atoms with Crippen molar-refractivity contribution in [2.45, 2.75) is 19.3 Å². The van der Waals surface area contributed by atoms with Gasteiger partial charge in [0.25, 0.3) is 11.5 Å². The molecular formula is C26H30ClFN6O4. The van der Waals surface area contributed by atoms with E-state index in [1.165, 1.54) is 37.0 Å². The molecule has 1 saturated heterocycles. The number of nitrogens with zero attached hydrogens (tertiary/aromatic N) is 5. The Bertz CT molecular complexity index is 1440. The highest BCUT2D eigenvalue weighted by molar-refractivity contribution is 6.31. The number of anilines is 1. The Morgan fingerprint density at radius 1 is 1.24 bits per heavy atom. The van der Waals surface area contributed by atoms with Crippen molar-refractivity contribution in [2.75, 3.05) is 45.7 Å². The van der Waals surface area contributed by atoms with Crippen molar-refractivity contribution in [1.29, 1.82) is 0 Å². The van der Waals surface area contributed by atoms with Gasteiger partial charge < -0.3 is 24.4 Å². The number of ether oxygens (including phenoxy) is 1. The molecule has 1 fully saturated rings. The van der Waals surface area contributed by atoms with E-state index in [0.29, 0.717) is 59.1 Å². The fraction of sp³-hybridized carbons (Fsp3) is 0.423. The molecule has 1 N–H and O–H groups in total. The van der Waals surface area contributed by atoms with E-state index in [2.05, 4.69) is 15.3 Å². The summed E-state index contributed by atoms with van der Waals surface area (Å²) in [5, 5.41) is 3.30. The first kappa shape index (κ1) is 27.3. The molecule has 0 radical (unpaired) electrons. The Balaban J connectivity index is 1.59. The van der Waals surface area contributed by atoms with Crippen molar-refractivity contribution >= 4 is 40.3 Å². The molecular weight excluding hydrogens is 515 g/mol. The van der Waals surface area contributed by atoms with Gasteiger partial charge in [-0.2, -0.15) is 0 Å². The quantitative estimate of drug-likeness (QED) is 0.485. The molecule has 0 saturated carbocycles. The first-order valence-electron chi connectivity index (χ1n) is 12.2. The third-order valence-electron chi connectivity index (χ3n) is 6.73. The minimum absolute atomic E-state index is 0.0142. The molecule has 0 atom stereocenters. The van der Waals surface area contributed by atoms with Crippen LogP contribution in [0.4, 0.5) is 10.3 Å². The molecule has 1 aromatic carbocycles. The van der Waals surface area contributed by atoms with Crippen LogP contribution in [0.3, 0.4) is 0 Å². The van der Waals surface area contributed by atoms with Crippen LogP contribution < -0.4 is 20.5 Å². The highest BCUT2D eigenvalue weighted by atomic mass is 35.5. The zero-order valence-electron chi connectivity index (χ0n) is 21.8. The minimum atomic E-state index is -0.509. The summed E-state index contributed by atoms with van der Waals surface area (Å²) in [6.45, 7) is 0.941. The number of pyridine rings is 1. The number of amides is 2. The van der Waals surface area contributed by atoms with Gasteiger partial charge in [0.1, 0.15) is 5.82 Å². The number of carbonyl (C=O) groups excluding carboxylic acids is 2. The zero-order chi connectivity index (χ0) is 27.6. The van der Waals surface area contributed by atoms with Crippen molar-refractivity contribution in [3.8, 4) is 5.75 Å². The van der Waals surface area contributed by atoms with Gasteiger partial charge in [-0.25, -0.2) is 14.4 Å². The van der Waals surface area contributed by atoms with Gasteiger partial charge in [0, 0.05) is 59.0 Å². The van der Waals surface area contributed by atoms with Crippen LogP contribution in [0.25, 0.3) is 10.9 Å². The SMILES string of the molecule is CNC(=O)COc1cc2cc(Cc3nc(N4CCC(C(=O)N(C)C)CC4)ncc3Cl)c(F)cc2n(C)c1=O. The number of carbonyl (C=O) groups is 2. The van der Waals surface area contributed by atoms with Crippen LogP contribution in [0, 0.1) is 11.7 Å². The molecule has 0 unspecified atom stereocenters. The number of halogens is 2. The third-order valence-corrected chi connectivity index (χ3v) is 7.04. The average molecular weight is 545 g/mol. The van der Waals surface area contributed by atoms with E-state index in [-0.39, 0.29) is 36.5 Å². The van der Waals surface area contributed by atoms with Crippen LogP contribution in [0.1, 0.15) is 24.1 Å². The number of piperidine rings is 1. The lowest BCUT2D eigenvalue weighted by molar-refractivity contribution is -0.133. The number of fused-ring (bicyclic) bond motifs is 1. The molecule has 2 amide bonds. The van der Waals surface area contributed by atoms with E-state index in [1.54, 1.807) is 25.1 Å². The Morgan fingerprint density at radius 2 is 1.95 bits per heavy atom. The molecule has 3 aromatic rings. The summed E-state index contributed by atoms with van der Waals surface area (Å²) < 4.78 is 21.8. The van der Waals surface area contributed by atoms with Crippen LogP contribution in [0.2, 0.25) is 5.02 Å². The molecule has 12 heteroatoms. The Kier molecular flexibility index (Phi) is 8.15. The normalized spacial score (nSPS) is 14.0. The largest absolute Gasteiger partial charge is 0.478 e. The molecule has 4 rings (SSSR count). The summed E-state index contributed by atoms with van der Waals surface area (Å²) in [5.41, 5.74) is 0.693. The molecule has 1 aliphatic heterocycles. The highest BCUT2D eigenvalue weighted by Gasteiger charge is 2.27. The molecule has 10 nitrogen and oxygen atoms in total. The molecule has 202 valence electrons. The summed E-state index contributed by atoms with van der Waals surface area (Å²) in [5.74, 6) is -0.330. The third kappa shape index (κ3) is 5.72. The molecule has 0 spiro atoms. The molecule has 38 heavy (non-hydrogen) atoms. The molecule has 0 bridgehead atoms. The lowest BCUT2D eigenvalue weighted by Crippen LogP contribution is -2.40. The second-order valence-electron chi connectivity index (χ2n) is 9.47. The molecule has 2 aromatic heterocycles. The number of hydrogen-bond donors (Lipinski definition) is 1. The van der Waals surface area contributed by atoms with E-state index in [4.69, 9.17) is 16.3 Å². The number of nitrogens with one attached hydrogen (secondary N) is 1. The van der Waals surface area contributed by atoms with Crippen LogP contribution in [-0.2, 0) is 23.1 Å². The van der Waals surface area contributed by atoms with E-state index < -0.39 is 11.4 Å². The van der Waals surface area contributed by atoms with Crippen molar-refractivity contribution in [1.82, 2.24) is 24.8 Å². The standard InChI is InChI=1S/C26H30ClFN6O4/c1-29-23(35)14-38-22-11-17-9-16(19(28)12-21(17)33(4)25(22)37)10-20-18(27)13-30-26(31-20)34-7-5-15(6-8-34)24(36)32(2)3/h9,11-13,15H,5-8,10,14H2,1-4H3,(H,29,35). The van der Waals surface area contributed by atoms with Gasteiger partial charge in [-0.05, 0) is 36.6 Å². The van der Waals surface area contributed by atoms with Gasteiger partial charge in [-0.1, -0.05) is 11.6 Å². The molecule has 3 heterocycles. The Morgan fingerprint density at radius 3 is 2.61 bits per heavy atom. The van der Waals surface area contributed by atoms with Gasteiger partial charge in [0.05, 0.1) is 22.4 Å². The lowest BCUT2D eigenvalue weighted by Gasteiger charge is -2.32. The maximum Gasteiger partial charge on any atom is 0.293 e. The summed E-state index contributed by atoms with van der Waals surface area (Å²) in [6.07, 6.45) is 2.99. The smallest absolute Gasteiger partial charge is 0.293 e. The van der Waals surface area contributed by atoms with Crippen molar-refractivity contribution in [3.63, 3.8) is 0 Å². The average Bonchev–Trinajstić information content (AvgIpc) is 2.91. The van der Waals surface area contributed by atoms with E-state index in [9.17, 15) is 14.4 Å². The van der Waals surface area contributed by atoms with E-state index >= 15 is 4.39 Å². The van der Waals surface area contributed by atoms with Crippen LogP contribution in [0.5, 0.6) is 5.75 Å². The van der Waals surface area contributed by atoms with Gasteiger partial charge in [-0.3, -0.25) is 14.4 Å². The number of benzene rings is 1. The summed E-state index contributed by atoms with van der Waals surface area (Å²) >= 11 is 6.39. The van der Waals surface area contributed by atoms with Crippen LogP contribution >= 0.6 is 11.6 Å². The first-order chi connectivity index (χ1) is 18.1. The Labute approximate surface area is 224 Å². The first-order valence-corrected chi connectivity index (χ1v) is 12.6. The fourth-order valence-corrected chi connectivity index (χ4v) is 4.66. The second-order valence-corrected chi connectivity index (χ2v) is 9.88. The van der Waals surface area contributed by atoms with Crippen molar-refractivity contribution in [2.24, 2.45) is 13.0 Å². The predicted molar refractivity (Wildman–Crippen MR) is 142 cm³/mol. The maximum atomic E-state index is 15.2. The number of aromatic nitrogens is 3. The van der Waals surface area contributed by atoms with Crippen LogP contribution in [-0.4, -0.2) is 72.1 Å². The van der Waals surface area contributed by atoms with Crippen molar-refractivity contribution in [3.05, 3.63) is 56.8 Å². The number of likely N-dealkylation sites (N-methyl/N-ethyl adjacent to an activating group) is 1. The molecule has 0 aliphatic carbocycles. The van der Waals surface area contributed by atoms with E-state index in [0.717, 1.165) is 0 Å². The molecule has 1 aliphatic rings. The number of hydrogen-bond acceptors (Lipinski definition) is 7. The zero-order valence-corrected chi connectivity index (χ0v) is 22.5. The van der Waals surface area contributed by atoms with Gasteiger partial charge in [0.15, 0.2) is 12.4 Å². The maximum absolute atomic E-state index is 15.2. The van der Waals surface area contributed by atoms with Gasteiger partial charge >= 0.3 is 0 Å². The topological polar surface area (TPSA) is 110 Å². The summed E-state index contributed by atoms with van der Waals surface area (Å²) in [4.78, 5) is 49.1.